The summed E-state index contributed by atoms with van der Waals surface area (Å²) >= 11 is 4.38. The number of aryl methyl sites for hydroxylation is 1. The van der Waals surface area contributed by atoms with E-state index in [4.69, 9.17) is 4.42 Å². The molecule has 1 aliphatic rings. The van der Waals surface area contributed by atoms with Gasteiger partial charge < -0.3 is 4.42 Å². The Hall–Kier alpha value is -1.13. The summed E-state index contributed by atoms with van der Waals surface area (Å²) in [4.78, 5) is 17.1. The Kier molecular flexibility index (Phi) is 6.57. The van der Waals surface area contributed by atoms with Crippen LogP contribution in [-0.2, 0) is 6.54 Å². The summed E-state index contributed by atoms with van der Waals surface area (Å²) in [6, 6.07) is 14.7. The zero-order valence-corrected chi connectivity index (χ0v) is 21.9. The number of hydrogen-bond acceptors (Lipinski definition) is 4. The van der Waals surface area contributed by atoms with E-state index in [1.807, 2.05) is 18.2 Å². The van der Waals surface area contributed by atoms with Crippen LogP contribution in [0.3, 0.4) is 0 Å². The molecule has 1 aromatic heterocycles. The van der Waals surface area contributed by atoms with E-state index in [1.165, 1.54) is 8.81 Å². The first-order valence-electron chi connectivity index (χ1n) is 9.72. The van der Waals surface area contributed by atoms with Crippen molar-refractivity contribution in [2.45, 2.75) is 19.4 Å². The number of rotatable bonds is 6. The zero-order valence-electron chi connectivity index (χ0n) is 15.8. The van der Waals surface area contributed by atoms with Crippen molar-refractivity contribution < 1.29 is 4.42 Å². The van der Waals surface area contributed by atoms with Crippen LogP contribution >= 0.6 is 15.9 Å². The number of fused-ring (bicyclic) bond motifs is 1. The van der Waals surface area contributed by atoms with E-state index in [-0.39, 0.29) is 5.76 Å². The number of hydrogen-bond donors (Lipinski definition) is 0. The van der Waals surface area contributed by atoms with E-state index in [2.05, 4.69) is 50.0 Å². The molecule has 3 aromatic rings. The van der Waals surface area contributed by atoms with Crippen molar-refractivity contribution in [3.8, 4) is 0 Å². The molecule has 0 aliphatic carbocycles. The number of nitrogens with zero attached hydrogens (tertiary/aromatic N) is 3. The first kappa shape index (κ1) is 20.2. The van der Waals surface area contributed by atoms with E-state index < -0.39 is 0 Å². The first-order chi connectivity index (χ1) is 13.6. The van der Waals surface area contributed by atoms with Gasteiger partial charge in [0.05, 0.1) is 5.52 Å². The van der Waals surface area contributed by atoms with Crippen LogP contribution in [0.1, 0.15) is 12.8 Å². The molecule has 0 unspecified atom stereocenters. The molecule has 5 nitrogen and oxygen atoms in total. The van der Waals surface area contributed by atoms with Gasteiger partial charge in [-0.25, -0.2) is 4.79 Å². The van der Waals surface area contributed by atoms with Gasteiger partial charge >= 0.3 is 127 Å². The summed E-state index contributed by atoms with van der Waals surface area (Å²) in [5.74, 6) is -0.261. The molecule has 0 bridgehead atoms. The average Bonchev–Trinajstić information content (AvgIpc) is 3.01. The van der Waals surface area contributed by atoms with Crippen molar-refractivity contribution in [1.82, 2.24) is 9.47 Å². The standard InChI is InChI=1S/C21H23BrN3O2.Tl/c22-17-8-9-20-19(16-17)25(21(26)27-20)11-5-4-10-23-12-14-24(15-13-23)18-6-2-1-3-7-18;/h2-3,6-9,16H,4-5,10-15H2;. The van der Waals surface area contributed by atoms with Crippen LogP contribution in [0.4, 0.5) is 5.69 Å². The summed E-state index contributed by atoms with van der Waals surface area (Å²) < 4.78 is 9.52. The molecule has 1 fully saturated rings. The van der Waals surface area contributed by atoms with Gasteiger partial charge in [-0.3, -0.25) is 4.57 Å². The fraction of sp³-hybridized carbons (Fsp3) is 0.381. The number of anilines is 1. The summed E-state index contributed by atoms with van der Waals surface area (Å²) in [7, 11) is 0. The molecule has 1 aliphatic heterocycles. The van der Waals surface area contributed by atoms with Crippen LogP contribution in [0.2, 0.25) is 0 Å². The van der Waals surface area contributed by atoms with E-state index in [0.29, 0.717) is 12.1 Å². The van der Waals surface area contributed by atoms with Gasteiger partial charge in [-0.2, -0.15) is 0 Å². The fourth-order valence-electron chi connectivity index (χ4n) is 3.77. The number of unbranched alkanes of at least 4 members (excludes halogenated alkanes) is 1. The molecule has 0 atom stereocenters. The molecule has 0 N–H and O–H groups in total. The monoisotopic (exact) mass is 633 g/mol. The Balaban J connectivity index is 1.25. The van der Waals surface area contributed by atoms with Crippen molar-refractivity contribution in [1.29, 1.82) is 0 Å². The molecule has 144 valence electrons. The predicted molar refractivity (Wildman–Crippen MR) is 118 cm³/mol. The third-order valence-electron chi connectivity index (χ3n) is 5.37. The van der Waals surface area contributed by atoms with Crippen molar-refractivity contribution in [3.63, 3.8) is 0 Å². The minimum absolute atomic E-state index is 0.261. The summed E-state index contributed by atoms with van der Waals surface area (Å²) in [6.45, 7) is 6.17. The molecule has 2 aromatic carbocycles. The van der Waals surface area contributed by atoms with E-state index in [0.717, 1.165) is 81.3 Å². The fourth-order valence-corrected chi connectivity index (χ4v) is 4.86. The zero-order chi connectivity index (χ0) is 19.5. The van der Waals surface area contributed by atoms with Gasteiger partial charge in [0.25, 0.3) is 0 Å². The Morgan fingerprint density at radius 3 is 2.43 bits per heavy atom. The van der Waals surface area contributed by atoms with Crippen LogP contribution in [0, 0.1) is 0 Å². The number of oxazole rings is 1. The van der Waals surface area contributed by atoms with Gasteiger partial charge in [0.2, 0.25) is 0 Å². The van der Waals surface area contributed by atoms with Crippen LogP contribution < -0.4 is 13.8 Å². The van der Waals surface area contributed by atoms with Crippen LogP contribution in [0.15, 0.2) is 56.1 Å². The van der Waals surface area contributed by atoms with Crippen molar-refractivity contribution in [2.24, 2.45) is 0 Å². The van der Waals surface area contributed by atoms with Crippen LogP contribution in [0.5, 0.6) is 0 Å². The maximum absolute atomic E-state index is 12.1. The van der Waals surface area contributed by atoms with E-state index >= 15 is 0 Å². The summed E-state index contributed by atoms with van der Waals surface area (Å²) in [5.41, 5.74) is 2.87. The molecule has 0 radical (unpaired) electrons. The predicted octanol–water partition coefficient (Wildman–Crippen LogP) is 2.75. The first-order valence-corrected chi connectivity index (χ1v) is 12.8. The number of aromatic nitrogens is 1. The summed E-state index contributed by atoms with van der Waals surface area (Å²) in [5, 5.41) is 0. The van der Waals surface area contributed by atoms with Crippen LogP contribution in [0.25, 0.3) is 11.1 Å². The molecule has 4 rings (SSSR count). The number of piperazine rings is 1. The second-order valence-corrected chi connectivity index (χ2v) is 10.8. The van der Waals surface area contributed by atoms with Crippen LogP contribution in [-0.4, -0.2) is 68.0 Å². The minimum atomic E-state index is -0.261. The number of halogens is 1. The van der Waals surface area contributed by atoms with Crippen molar-refractivity contribution in [2.75, 3.05) is 37.6 Å². The SMILES string of the molecule is O=c1oc2ccc(Br)cc2n1CCCCN1CCN(c2cc[c]([Tl])cc2)CC1. The normalized spacial score (nSPS) is 15.4. The Morgan fingerprint density at radius 1 is 0.964 bits per heavy atom. The van der Waals surface area contributed by atoms with E-state index in [9.17, 15) is 4.79 Å². The quantitative estimate of drug-likeness (QED) is 0.310. The second-order valence-electron chi connectivity index (χ2n) is 7.26. The molecule has 28 heavy (non-hydrogen) atoms. The molecular weight excluding hydrogens is 611 g/mol. The molecule has 0 saturated carbocycles. The van der Waals surface area contributed by atoms with Crippen molar-refractivity contribution in [3.05, 3.63) is 57.5 Å². The van der Waals surface area contributed by atoms with Crippen molar-refractivity contribution >= 4 is 61.6 Å². The molecule has 1 saturated heterocycles. The van der Waals surface area contributed by atoms with E-state index in [1.54, 1.807) is 4.57 Å². The number of benzene rings is 2. The van der Waals surface area contributed by atoms with Gasteiger partial charge in [0.15, 0.2) is 5.58 Å². The molecule has 7 heteroatoms. The van der Waals surface area contributed by atoms with Gasteiger partial charge in [0, 0.05) is 4.47 Å². The Labute approximate surface area is 189 Å². The summed E-state index contributed by atoms with van der Waals surface area (Å²) in [6.07, 6.45) is 2.06. The Bertz CT molecular complexity index is 991. The van der Waals surface area contributed by atoms with Gasteiger partial charge in [-0.1, -0.05) is 15.9 Å². The topological polar surface area (TPSA) is 41.6 Å². The third-order valence-corrected chi connectivity index (χ3v) is 7.36. The van der Waals surface area contributed by atoms with Gasteiger partial charge in [-0.05, 0) is 18.2 Å². The molecule has 0 amide bonds. The average molecular weight is 634 g/mol. The van der Waals surface area contributed by atoms with Gasteiger partial charge in [0.1, 0.15) is 0 Å². The maximum atomic E-state index is 12.1. The molecule has 2 heterocycles. The van der Waals surface area contributed by atoms with Gasteiger partial charge in [-0.15, -0.1) is 0 Å². The second kappa shape index (κ2) is 9.13. The third kappa shape index (κ3) is 4.71. The Morgan fingerprint density at radius 2 is 1.68 bits per heavy atom. The molecular formula is C21H23BrN3O2Tl. The molecule has 0 spiro atoms.